The van der Waals surface area contributed by atoms with E-state index in [-0.39, 0.29) is 5.91 Å². The summed E-state index contributed by atoms with van der Waals surface area (Å²) in [6.07, 6.45) is 7.06. The molecule has 0 fully saturated rings. The van der Waals surface area contributed by atoms with Crippen molar-refractivity contribution in [2.24, 2.45) is 0 Å². The van der Waals surface area contributed by atoms with Gasteiger partial charge in [-0.2, -0.15) is 5.10 Å². The van der Waals surface area contributed by atoms with Crippen LogP contribution in [0.1, 0.15) is 21.6 Å². The molecule has 0 saturated heterocycles. The smallest absolute Gasteiger partial charge is 0.276 e. The summed E-state index contributed by atoms with van der Waals surface area (Å²) in [7, 11) is 4.05. The Morgan fingerprint density at radius 3 is 2.66 bits per heavy atom. The molecule has 1 aromatic carbocycles. The number of hydrogen-bond donors (Lipinski definition) is 2. The van der Waals surface area contributed by atoms with Crippen LogP contribution >= 0.6 is 0 Å². The van der Waals surface area contributed by atoms with Crippen LogP contribution in [0.15, 0.2) is 55.1 Å². The second-order valence-corrected chi connectivity index (χ2v) is 7.36. The fourth-order valence-corrected chi connectivity index (χ4v) is 3.28. The number of pyridine rings is 2. The van der Waals surface area contributed by atoms with Crippen LogP contribution in [0.5, 0.6) is 0 Å². The Morgan fingerprint density at radius 1 is 1.03 bits per heavy atom. The molecule has 4 aromatic rings. The molecule has 0 atom stereocenters. The lowest BCUT2D eigenvalue weighted by Gasteiger charge is -2.10. The molecule has 3 heterocycles. The van der Waals surface area contributed by atoms with Crippen LogP contribution in [0.2, 0.25) is 0 Å². The van der Waals surface area contributed by atoms with Crippen molar-refractivity contribution in [3.8, 4) is 11.1 Å². The van der Waals surface area contributed by atoms with Gasteiger partial charge >= 0.3 is 0 Å². The minimum atomic E-state index is -0.278. The average Bonchev–Trinajstić information content (AvgIpc) is 3.11. The van der Waals surface area contributed by atoms with E-state index in [4.69, 9.17) is 0 Å². The predicted octanol–water partition coefficient (Wildman–Crippen LogP) is 3.64. The maximum Gasteiger partial charge on any atom is 0.276 e. The number of aryl methyl sites for hydroxylation is 1. The number of carbonyl (C=O) groups excluding carboxylic acids is 1. The first-order valence-electron chi connectivity index (χ1n) is 9.30. The molecule has 7 nitrogen and oxygen atoms in total. The van der Waals surface area contributed by atoms with Crippen LogP contribution in [0.25, 0.3) is 22.0 Å². The maximum atomic E-state index is 12.8. The molecular weight excluding hydrogens is 364 g/mol. The Morgan fingerprint density at radius 2 is 1.86 bits per heavy atom. The third kappa shape index (κ3) is 4.14. The summed E-state index contributed by atoms with van der Waals surface area (Å²) in [5.74, 6) is -0.278. The van der Waals surface area contributed by atoms with Gasteiger partial charge in [-0.05, 0) is 62.0 Å². The zero-order valence-corrected chi connectivity index (χ0v) is 16.6. The lowest BCUT2D eigenvalue weighted by Crippen LogP contribution is -2.13. The standard InChI is InChI=1S/C22H22N6O/c1-14-6-18(12-23-9-14)25-22(29)21-19-8-16(4-5-20(19)26-27-21)17-7-15(10-24-11-17)13-28(2)3/h4-12H,13H2,1-3H3,(H,25,29)(H,26,27). The summed E-state index contributed by atoms with van der Waals surface area (Å²) in [5.41, 5.74) is 5.88. The summed E-state index contributed by atoms with van der Waals surface area (Å²) in [6, 6.07) is 9.89. The first kappa shape index (κ1) is 18.8. The van der Waals surface area contributed by atoms with Crippen molar-refractivity contribution >= 4 is 22.5 Å². The summed E-state index contributed by atoms with van der Waals surface area (Å²) >= 11 is 0. The van der Waals surface area contributed by atoms with E-state index < -0.39 is 0 Å². The minimum absolute atomic E-state index is 0.278. The second-order valence-electron chi connectivity index (χ2n) is 7.36. The van der Waals surface area contributed by atoms with Gasteiger partial charge in [-0.1, -0.05) is 6.07 Å². The van der Waals surface area contributed by atoms with E-state index in [1.807, 2.05) is 57.7 Å². The van der Waals surface area contributed by atoms with Crippen molar-refractivity contribution < 1.29 is 4.79 Å². The number of rotatable bonds is 5. The zero-order chi connectivity index (χ0) is 20.4. The van der Waals surface area contributed by atoms with Crippen molar-refractivity contribution in [3.63, 3.8) is 0 Å². The summed E-state index contributed by atoms with van der Waals surface area (Å²) in [6.45, 7) is 2.74. The molecule has 0 aliphatic carbocycles. The van der Waals surface area contributed by atoms with E-state index in [1.54, 1.807) is 12.4 Å². The second kappa shape index (κ2) is 7.81. The molecule has 7 heteroatoms. The number of amides is 1. The van der Waals surface area contributed by atoms with Gasteiger partial charge in [0.05, 0.1) is 17.4 Å². The highest BCUT2D eigenvalue weighted by molar-refractivity contribution is 6.11. The van der Waals surface area contributed by atoms with Crippen molar-refractivity contribution in [2.45, 2.75) is 13.5 Å². The third-order valence-corrected chi connectivity index (χ3v) is 4.54. The lowest BCUT2D eigenvalue weighted by atomic mass is 10.0. The number of hydrogen-bond acceptors (Lipinski definition) is 5. The van der Waals surface area contributed by atoms with Gasteiger partial charge in [0.15, 0.2) is 5.69 Å². The number of fused-ring (bicyclic) bond motifs is 1. The van der Waals surface area contributed by atoms with Crippen molar-refractivity contribution in [3.05, 3.63) is 71.9 Å². The van der Waals surface area contributed by atoms with Crippen molar-refractivity contribution in [2.75, 3.05) is 19.4 Å². The van der Waals surface area contributed by atoms with Gasteiger partial charge in [-0.15, -0.1) is 0 Å². The molecule has 0 unspecified atom stereocenters. The van der Waals surface area contributed by atoms with Gasteiger partial charge in [-0.25, -0.2) is 0 Å². The normalized spacial score (nSPS) is 11.2. The van der Waals surface area contributed by atoms with E-state index in [0.717, 1.165) is 39.7 Å². The lowest BCUT2D eigenvalue weighted by molar-refractivity contribution is 0.102. The SMILES string of the molecule is Cc1cncc(NC(=O)c2n[nH]c3ccc(-c4cncc(CN(C)C)c4)cc23)c1. The average molecular weight is 386 g/mol. The Labute approximate surface area is 168 Å². The number of benzene rings is 1. The number of carbonyl (C=O) groups is 1. The van der Waals surface area contributed by atoms with E-state index in [9.17, 15) is 4.79 Å². The number of nitrogens with zero attached hydrogens (tertiary/aromatic N) is 4. The molecule has 0 saturated carbocycles. The molecule has 2 N–H and O–H groups in total. The van der Waals surface area contributed by atoms with Gasteiger partial charge in [0.25, 0.3) is 5.91 Å². The van der Waals surface area contributed by atoms with E-state index in [2.05, 4.69) is 36.4 Å². The van der Waals surface area contributed by atoms with Gasteiger partial charge in [0.1, 0.15) is 0 Å². The molecule has 4 rings (SSSR count). The molecular formula is C22H22N6O. The van der Waals surface area contributed by atoms with Gasteiger partial charge < -0.3 is 10.2 Å². The summed E-state index contributed by atoms with van der Waals surface area (Å²) in [5, 5.41) is 10.8. The van der Waals surface area contributed by atoms with E-state index in [0.29, 0.717) is 11.4 Å². The van der Waals surface area contributed by atoms with Crippen molar-refractivity contribution in [1.29, 1.82) is 0 Å². The zero-order valence-electron chi connectivity index (χ0n) is 16.6. The monoisotopic (exact) mass is 386 g/mol. The van der Waals surface area contributed by atoms with Crippen LogP contribution in [0.4, 0.5) is 5.69 Å². The number of anilines is 1. The molecule has 0 spiro atoms. The molecule has 0 radical (unpaired) electrons. The molecule has 29 heavy (non-hydrogen) atoms. The summed E-state index contributed by atoms with van der Waals surface area (Å²) in [4.78, 5) is 23.4. The molecule has 1 amide bonds. The van der Waals surface area contributed by atoms with Gasteiger partial charge in [0.2, 0.25) is 0 Å². The predicted molar refractivity (Wildman–Crippen MR) is 114 cm³/mol. The molecule has 3 aromatic heterocycles. The number of H-pyrrole nitrogens is 1. The topological polar surface area (TPSA) is 86.8 Å². The largest absolute Gasteiger partial charge is 0.319 e. The highest BCUT2D eigenvalue weighted by Crippen LogP contribution is 2.26. The highest BCUT2D eigenvalue weighted by Gasteiger charge is 2.15. The van der Waals surface area contributed by atoms with Crippen LogP contribution < -0.4 is 5.32 Å². The maximum absolute atomic E-state index is 12.8. The first-order chi connectivity index (χ1) is 14.0. The minimum Gasteiger partial charge on any atom is -0.319 e. The number of aromatic nitrogens is 4. The number of nitrogens with one attached hydrogen (secondary N) is 2. The molecule has 0 aliphatic heterocycles. The third-order valence-electron chi connectivity index (χ3n) is 4.54. The first-order valence-corrected chi connectivity index (χ1v) is 9.30. The Kier molecular flexibility index (Phi) is 5.05. The number of aromatic amines is 1. The van der Waals surface area contributed by atoms with Gasteiger partial charge in [0, 0.05) is 36.1 Å². The fourth-order valence-electron chi connectivity index (χ4n) is 3.28. The van der Waals surface area contributed by atoms with Crippen LogP contribution in [-0.4, -0.2) is 45.1 Å². The van der Waals surface area contributed by atoms with Crippen molar-refractivity contribution in [1.82, 2.24) is 25.1 Å². The molecule has 0 aliphatic rings. The van der Waals surface area contributed by atoms with Crippen LogP contribution in [0, 0.1) is 6.92 Å². The van der Waals surface area contributed by atoms with E-state index >= 15 is 0 Å². The highest BCUT2D eigenvalue weighted by atomic mass is 16.1. The Hall–Kier alpha value is -3.58. The Bertz CT molecular complexity index is 1180. The molecule has 146 valence electrons. The Balaban J connectivity index is 1.67. The fraction of sp³-hybridized carbons (Fsp3) is 0.182. The molecule has 0 bridgehead atoms. The van der Waals surface area contributed by atoms with Crippen LogP contribution in [-0.2, 0) is 6.54 Å². The van der Waals surface area contributed by atoms with E-state index in [1.165, 1.54) is 0 Å². The summed E-state index contributed by atoms with van der Waals surface area (Å²) < 4.78 is 0. The van der Waals surface area contributed by atoms with Gasteiger partial charge in [-0.3, -0.25) is 19.9 Å². The van der Waals surface area contributed by atoms with Crippen LogP contribution in [0.3, 0.4) is 0 Å². The quantitative estimate of drug-likeness (QED) is 0.547.